The van der Waals surface area contributed by atoms with Gasteiger partial charge in [0.2, 0.25) is 0 Å². The number of hydrogen-bond donors (Lipinski definition) is 2. The Kier molecular flexibility index (Phi) is 6.34. The van der Waals surface area contributed by atoms with Gasteiger partial charge in [-0.05, 0) is 30.7 Å². The quantitative estimate of drug-likeness (QED) is 0.579. The SMILES string of the molecule is C=CCNc1nc(C(=O)OCC(=O)Nc2ccc(Cl)cc2C)cs1. The molecule has 6 nitrogen and oxygen atoms in total. The number of carbonyl (C=O) groups excluding carboxylic acids is 2. The van der Waals surface area contributed by atoms with Crippen LogP contribution >= 0.6 is 22.9 Å². The van der Waals surface area contributed by atoms with Crippen molar-refractivity contribution in [3.05, 3.63) is 52.5 Å². The lowest BCUT2D eigenvalue weighted by atomic mass is 10.2. The Morgan fingerprint density at radius 2 is 2.25 bits per heavy atom. The van der Waals surface area contributed by atoms with Crippen molar-refractivity contribution in [2.75, 3.05) is 23.8 Å². The van der Waals surface area contributed by atoms with Crippen LogP contribution in [0.25, 0.3) is 0 Å². The largest absolute Gasteiger partial charge is 0.451 e. The molecule has 0 atom stereocenters. The van der Waals surface area contributed by atoms with Crippen LogP contribution in [0, 0.1) is 6.92 Å². The van der Waals surface area contributed by atoms with Crippen LogP contribution in [0.4, 0.5) is 10.8 Å². The number of aryl methyl sites for hydroxylation is 1. The minimum atomic E-state index is -0.652. The number of hydrogen-bond acceptors (Lipinski definition) is 6. The molecular formula is C16H16ClN3O3S. The molecule has 2 N–H and O–H groups in total. The average Bonchev–Trinajstić information content (AvgIpc) is 3.02. The highest BCUT2D eigenvalue weighted by atomic mass is 35.5. The molecule has 0 radical (unpaired) electrons. The number of nitrogens with zero attached hydrogens (tertiary/aromatic N) is 1. The summed E-state index contributed by atoms with van der Waals surface area (Å²) >= 11 is 7.13. The molecule has 126 valence electrons. The summed E-state index contributed by atoms with van der Waals surface area (Å²) in [4.78, 5) is 27.8. The molecule has 0 aliphatic carbocycles. The van der Waals surface area contributed by atoms with Gasteiger partial charge in [0.15, 0.2) is 17.4 Å². The summed E-state index contributed by atoms with van der Waals surface area (Å²) in [6.07, 6.45) is 1.68. The molecule has 0 saturated heterocycles. The first-order valence-corrected chi connectivity index (χ1v) is 8.28. The van der Waals surface area contributed by atoms with Gasteiger partial charge in [0, 0.05) is 22.6 Å². The van der Waals surface area contributed by atoms with Crippen molar-refractivity contribution >= 4 is 45.6 Å². The normalized spacial score (nSPS) is 10.1. The van der Waals surface area contributed by atoms with Gasteiger partial charge in [-0.25, -0.2) is 9.78 Å². The lowest BCUT2D eigenvalue weighted by molar-refractivity contribution is -0.119. The molecule has 0 unspecified atom stereocenters. The Bertz CT molecular complexity index is 761. The molecule has 1 aromatic heterocycles. The molecule has 8 heteroatoms. The molecule has 2 rings (SSSR count). The molecule has 0 aliphatic rings. The fourth-order valence-electron chi connectivity index (χ4n) is 1.77. The van der Waals surface area contributed by atoms with E-state index in [0.717, 1.165) is 5.56 Å². The van der Waals surface area contributed by atoms with Gasteiger partial charge >= 0.3 is 5.97 Å². The van der Waals surface area contributed by atoms with Crippen LogP contribution in [0.1, 0.15) is 16.1 Å². The first-order valence-electron chi connectivity index (χ1n) is 7.03. The van der Waals surface area contributed by atoms with Gasteiger partial charge in [0.1, 0.15) is 0 Å². The van der Waals surface area contributed by atoms with Crippen molar-refractivity contribution < 1.29 is 14.3 Å². The Morgan fingerprint density at radius 3 is 2.96 bits per heavy atom. The fourth-order valence-corrected chi connectivity index (χ4v) is 2.68. The predicted molar refractivity (Wildman–Crippen MR) is 95.9 cm³/mol. The first-order chi connectivity index (χ1) is 11.5. The maximum Gasteiger partial charge on any atom is 0.358 e. The Hall–Kier alpha value is -2.38. The van der Waals surface area contributed by atoms with E-state index in [0.29, 0.717) is 22.4 Å². The highest BCUT2D eigenvalue weighted by Gasteiger charge is 2.14. The van der Waals surface area contributed by atoms with Crippen LogP contribution in [-0.2, 0) is 9.53 Å². The summed E-state index contributed by atoms with van der Waals surface area (Å²) in [5, 5.41) is 8.37. The van der Waals surface area contributed by atoms with Crippen LogP contribution in [0.5, 0.6) is 0 Å². The van der Waals surface area contributed by atoms with Gasteiger partial charge in [-0.1, -0.05) is 17.7 Å². The van der Waals surface area contributed by atoms with Crippen molar-refractivity contribution in [2.45, 2.75) is 6.92 Å². The predicted octanol–water partition coefficient (Wildman–Crippen LogP) is 3.50. The van der Waals surface area contributed by atoms with E-state index in [1.807, 2.05) is 6.92 Å². The Morgan fingerprint density at radius 1 is 1.46 bits per heavy atom. The van der Waals surface area contributed by atoms with Crippen molar-refractivity contribution in [2.24, 2.45) is 0 Å². The number of halogens is 1. The van der Waals surface area contributed by atoms with Gasteiger partial charge in [-0.3, -0.25) is 4.79 Å². The minimum Gasteiger partial charge on any atom is -0.451 e. The Balaban J connectivity index is 1.85. The van der Waals surface area contributed by atoms with Gasteiger partial charge in [0.05, 0.1) is 0 Å². The molecule has 24 heavy (non-hydrogen) atoms. The van der Waals surface area contributed by atoms with E-state index < -0.39 is 18.5 Å². The van der Waals surface area contributed by atoms with E-state index in [1.54, 1.807) is 29.7 Å². The molecule has 0 spiro atoms. The number of amides is 1. The molecule has 0 bridgehead atoms. The van der Waals surface area contributed by atoms with Crippen LogP contribution in [0.2, 0.25) is 5.02 Å². The summed E-state index contributed by atoms with van der Waals surface area (Å²) in [5.74, 6) is -1.09. The van der Waals surface area contributed by atoms with Crippen molar-refractivity contribution in [3.63, 3.8) is 0 Å². The smallest absolute Gasteiger partial charge is 0.358 e. The highest BCUT2D eigenvalue weighted by molar-refractivity contribution is 7.13. The third kappa shape index (κ3) is 5.07. The molecular weight excluding hydrogens is 350 g/mol. The van der Waals surface area contributed by atoms with Gasteiger partial charge in [0.25, 0.3) is 5.91 Å². The lowest BCUT2D eigenvalue weighted by Crippen LogP contribution is -2.21. The second-order valence-electron chi connectivity index (χ2n) is 4.79. The number of ether oxygens (including phenoxy) is 1. The number of aromatic nitrogens is 1. The molecule has 1 heterocycles. The second-order valence-corrected chi connectivity index (χ2v) is 6.09. The summed E-state index contributed by atoms with van der Waals surface area (Å²) in [7, 11) is 0. The number of thiazole rings is 1. The van der Waals surface area contributed by atoms with Crippen molar-refractivity contribution in [3.8, 4) is 0 Å². The Labute approximate surface area is 148 Å². The second kappa shape index (κ2) is 8.47. The van der Waals surface area contributed by atoms with E-state index in [9.17, 15) is 9.59 Å². The van der Waals surface area contributed by atoms with Gasteiger partial charge < -0.3 is 15.4 Å². The number of nitrogens with one attached hydrogen (secondary N) is 2. The van der Waals surface area contributed by atoms with E-state index >= 15 is 0 Å². The number of rotatable bonds is 7. The molecule has 1 amide bonds. The zero-order valence-corrected chi connectivity index (χ0v) is 14.5. The summed E-state index contributed by atoms with van der Waals surface area (Å²) in [5.41, 5.74) is 1.59. The number of carbonyl (C=O) groups is 2. The van der Waals surface area contributed by atoms with Crippen LogP contribution in [0.3, 0.4) is 0 Å². The van der Waals surface area contributed by atoms with Gasteiger partial charge in [-0.2, -0.15) is 0 Å². The number of benzene rings is 1. The fraction of sp³-hybridized carbons (Fsp3) is 0.188. The minimum absolute atomic E-state index is 0.155. The third-order valence-corrected chi connectivity index (χ3v) is 3.94. The van der Waals surface area contributed by atoms with Crippen LogP contribution in [-0.4, -0.2) is 30.0 Å². The van der Waals surface area contributed by atoms with Crippen molar-refractivity contribution in [1.29, 1.82) is 0 Å². The monoisotopic (exact) mass is 365 g/mol. The van der Waals surface area contributed by atoms with E-state index in [2.05, 4.69) is 22.2 Å². The van der Waals surface area contributed by atoms with E-state index in [1.165, 1.54) is 11.3 Å². The lowest BCUT2D eigenvalue weighted by Gasteiger charge is -2.08. The number of esters is 1. The van der Waals surface area contributed by atoms with E-state index in [-0.39, 0.29) is 5.69 Å². The summed E-state index contributed by atoms with van der Waals surface area (Å²) in [6.45, 7) is 5.55. The maximum atomic E-state index is 11.9. The zero-order valence-electron chi connectivity index (χ0n) is 13.0. The van der Waals surface area contributed by atoms with Crippen LogP contribution < -0.4 is 10.6 Å². The van der Waals surface area contributed by atoms with Crippen molar-refractivity contribution in [1.82, 2.24) is 4.98 Å². The zero-order chi connectivity index (χ0) is 17.5. The molecule has 0 saturated carbocycles. The average molecular weight is 366 g/mol. The number of anilines is 2. The third-order valence-electron chi connectivity index (χ3n) is 2.91. The van der Waals surface area contributed by atoms with Gasteiger partial charge in [-0.15, -0.1) is 17.9 Å². The topological polar surface area (TPSA) is 80.3 Å². The summed E-state index contributed by atoms with van der Waals surface area (Å²) < 4.78 is 4.96. The molecule has 1 aromatic carbocycles. The maximum absolute atomic E-state index is 11.9. The highest BCUT2D eigenvalue weighted by Crippen LogP contribution is 2.19. The van der Waals surface area contributed by atoms with E-state index in [4.69, 9.17) is 16.3 Å². The standard InChI is InChI=1S/C16H16ClN3O3S/c1-3-6-18-16-20-13(9-24-16)15(22)23-8-14(21)19-12-5-4-11(17)7-10(12)2/h3-5,7,9H,1,6,8H2,2H3,(H,18,20)(H,19,21). The molecule has 0 fully saturated rings. The molecule has 0 aliphatic heterocycles. The summed E-state index contributed by atoms with van der Waals surface area (Å²) in [6, 6.07) is 5.09. The first kappa shape index (κ1) is 18.0. The van der Waals surface area contributed by atoms with Crippen LogP contribution in [0.15, 0.2) is 36.2 Å². The molecule has 2 aromatic rings.